The number of aromatic nitrogens is 1. The van der Waals surface area contributed by atoms with Gasteiger partial charge in [-0.1, -0.05) is 35.3 Å². The largest absolute Gasteiger partial charge is 0.494 e. The lowest BCUT2D eigenvalue weighted by Crippen LogP contribution is -1.88. The molecule has 1 aromatic heterocycles. The maximum Gasteiger partial charge on any atom is 0.145 e. The number of fused-ring (bicyclic) bond motifs is 1. The van der Waals surface area contributed by atoms with E-state index >= 15 is 0 Å². The summed E-state index contributed by atoms with van der Waals surface area (Å²) in [6, 6.07) is 5.55. The van der Waals surface area contributed by atoms with E-state index in [4.69, 9.17) is 27.9 Å². The second-order valence-electron chi connectivity index (χ2n) is 2.78. The monoisotopic (exact) mass is 227 g/mol. The summed E-state index contributed by atoms with van der Waals surface area (Å²) in [5, 5.41) is 1.77. The maximum atomic E-state index is 6.03. The van der Waals surface area contributed by atoms with E-state index in [1.807, 2.05) is 18.2 Å². The quantitative estimate of drug-likeness (QED) is 0.744. The van der Waals surface area contributed by atoms with Gasteiger partial charge >= 0.3 is 0 Å². The zero-order valence-electron chi connectivity index (χ0n) is 7.42. The summed E-state index contributed by atoms with van der Waals surface area (Å²) < 4.78 is 5.16. The van der Waals surface area contributed by atoms with Gasteiger partial charge in [0.1, 0.15) is 11.3 Å². The topological polar surface area (TPSA) is 22.1 Å². The first-order valence-electron chi connectivity index (χ1n) is 4.00. The van der Waals surface area contributed by atoms with Crippen molar-refractivity contribution in [3.8, 4) is 5.75 Å². The van der Waals surface area contributed by atoms with E-state index in [-0.39, 0.29) is 0 Å². The molecule has 2 rings (SSSR count). The van der Waals surface area contributed by atoms with Crippen molar-refractivity contribution in [1.29, 1.82) is 0 Å². The van der Waals surface area contributed by atoms with Crippen LogP contribution in [0.2, 0.25) is 10.0 Å². The zero-order chi connectivity index (χ0) is 10.1. The van der Waals surface area contributed by atoms with Crippen LogP contribution in [0.4, 0.5) is 0 Å². The van der Waals surface area contributed by atoms with Gasteiger partial charge in [0.15, 0.2) is 0 Å². The third-order valence-corrected chi connectivity index (χ3v) is 2.76. The Morgan fingerprint density at radius 1 is 1.29 bits per heavy atom. The average Bonchev–Trinajstić information content (AvgIpc) is 2.23. The second kappa shape index (κ2) is 3.64. The van der Waals surface area contributed by atoms with Gasteiger partial charge in [-0.3, -0.25) is 4.98 Å². The summed E-state index contributed by atoms with van der Waals surface area (Å²) in [7, 11) is 1.60. The Morgan fingerprint density at radius 3 is 2.79 bits per heavy atom. The molecular formula is C10H7Cl2NO. The van der Waals surface area contributed by atoms with Crippen molar-refractivity contribution < 1.29 is 4.74 Å². The number of rotatable bonds is 1. The molecule has 0 atom stereocenters. The zero-order valence-corrected chi connectivity index (χ0v) is 8.93. The fourth-order valence-electron chi connectivity index (χ4n) is 1.30. The number of methoxy groups -OCH3 is 1. The molecule has 0 saturated heterocycles. The molecule has 0 saturated carbocycles. The molecule has 0 unspecified atom stereocenters. The molecule has 72 valence electrons. The molecule has 0 bridgehead atoms. The Kier molecular flexibility index (Phi) is 2.48. The van der Waals surface area contributed by atoms with Crippen LogP contribution in [0.15, 0.2) is 24.4 Å². The van der Waals surface area contributed by atoms with Crippen LogP contribution in [-0.4, -0.2) is 12.1 Å². The molecule has 0 amide bonds. The lowest BCUT2D eigenvalue weighted by atomic mass is 10.2. The molecule has 0 N–H and O–H groups in total. The van der Waals surface area contributed by atoms with Gasteiger partial charge in [-0.2, -0.15) is 0 Å². The molecule has 2 aromatic rings. The summed E-state index contributed by atoms with van der Waals surface area (Å²) in [5.74, 6) is 0.695. The Hall–Kier alpha value is -0.990. The normalized spacial score (nSPS) is 10.5. The van der Waals surface area contributed by atoms with Crippen LogP contribution >= 0.6 is 23.2 Å². The number of ether oxygens (including phenoxy) is 1. The van der Waals surface area contributed by atoms with E-state index in [0.29, 0.717) is 15.8 Å². The third-order valence-electron chi connectivity index (χ3n) is 1.97. The molecule has 0 fully saturated rings. The van der Waals surface area contributed by atoms with Crippen molar-refractivity contribution in [3.63, 3.8) is 0 Å². The van der Waals surface area contributed by atoms with Crippen molar-refractivity contribution >= 4 is 34.1 Å². The maximum absolute atomic E-state index is 6.03. The average molecular weight is 228 g/mol. The number of benzene rings is 1. The highest BCUT2D eigenvalue weighted by Gasteiger charge is 2.08. The van der Waals surface area contributed by atoms with Crippen LogP contribution in [0.1, 0.15) is 0 Å². The SMILES string of the molecule is COc1cccc2c(Cl)c(Cl)cnc12. The Morgan fingerprint density at radius 2 is 2.07 bits per heavy atom. The summed E-state index contributed by atoms with van der Waals surface area (Å²) in [4.78, 5) is 4.17. The molecule has 0 aliphatic rings. The van der Waals surface area contributed by atoms with Gasteiger partial charge in [0, 0.05) is 11.6 Å². The van der Waals surface area contributed by atoms with Gasteiger partial charge in [0.2, 0.25) is 0 Å². The van der Waals surface area contributed by atoms with Gasteiger partial charge in [-0.15, -0.1) is 0 Å². The molecule has 14 heavy (non-hydrogen) atoms. The lowest BCUT2D eigenvalue weighted by Gasteiger charge is -2.05. The third kappa shape index (κ3) is 1.41. The van der Waals surface area contributed by atoms with Crippen molar-refractivity contribution in [3.05, 3.63) is 34.4 Å². The molecule has 2 nitrogen and oxygen atoms in total. The van der Waals surface area contributed by atoms with Crippen LogP contribution in [0.3, 0.4) is 0 Å². The van der Waals surface area contributed by atoms with Crippen molar-refractivity contribution in [2.45, 2.75) is 0 Å². The number of hydrogen-bond donors (Lipinski definition) is 0. The van der Waals surface area contributed by atoms with Crippen LogP contribution in [0.25, 0.3) is 10.9 Å². The molecule has 1 heterocycles. The number of halogens is 2. The summed E-state index contributed by atoms with van der Waals surface area (Å²) in [5.41, 5.74) is 0.726. The van der Waals surface area contributed by atoms with E-state index in [1.54, 1.807) is 7.11 Å². The highest BCUT2D eigenvalue weighted by Crippen LogP contribution is 2.32. The first-order valence-corrected chi connectivity index (χ1v) is 4.76. The van der Waals surface area contributed by atoms with Gasteiger partial charge < -0.3 is 4.74 Å². The highest BCUT2D eigenvalue weighted by molar-refractivity contribution is 6.45. The molecule has 0 aliphatic heterocycles. The van der Waals surface area contributed by atoms with Gasteiger partial charge in [-0.05, 0) is 6.07 Å². The number of hydrogen-bond acceptors (Lipinski definition) is 2. The van der Waals surface area contributed by atoms with Crippen molar-refractivity contribution in [2.75, 3.05) is 7.11 Å². The first kappa shape index (κ1) is 9.56. The minimum Gasteiger partial charge on any atom is -0.494 e. The minimum atomic E-state index is 0.451. The van der Waals surface area contributed by atoms with E-state index in [9.17, 15) is 0 Å². The minimum absolute atomic E-state index is 0.451. The Balaban J connectivity index is 2.86. The standard InChI is InChI=1S/C10H7Cl2NO/c1-14-8-4-2-3-6-9(12)7(11)5-13-10(6)8/h2-5H,1H3. The lowest BCUT2D eigenvalue weighted by molar-refractivity contribution is 0.419. The molecule has 0 radical (unpaired) electrons. The predicted molar refractivity (Wildman–Crippen MR) is 58.3 cm³/mol. The first-order chi connectivity index (χ1) is 6.74. The van der Waals surface area contributed by atoms with E-state index in [0.717, 1.165) is 10.9 Å². The summed E-state index contributed by atoms with van der Waals surface area (Å²) in [6.07, 6.45) is 1.52. The molecular weight excluding hydrogens is 221 g/mol. The fraction of sp³-hybridized carbons (Fsp3) is 0.100. The van der Waals surface area contributed by atoms with Gasteiger partial charge in [0.25, 0.3) is 0 Å². The van der Waals surface area contributed by atoms with E-state index in [1.165, 1.54) is 6.20 Å². The fourth-order valence-corrected chi connectivity index (χ4v) is 1.66. The van der Waals surface area contributed by atoms with Crippen molar-refractivity contribution in [2.24, 2.45) is 0 Å². The second-order valence-corrected chi connectivity index (χ2v) is 3.56. The van der Waals surface area contributed by atoms with Crippen LogP contribution in [0.5, 0.6) is 5.75 Å². The Bertz CT molecular complexity index is 485. The van der Waals surface area contributed by atoms with Crippen LogP contribution < -0.4 is 4.74 Å². The predicted octanol–water partition coefficient (Wildman–Crippen LogP) is 3.55. The van der Waals surface area contributed by atoms with E-state index < -0.39 is 0 Å². The Labute approximate surface area is 91.4 Å². The van der Waals surface area contributed by atoms with Crippen LogP contribution in [-0.2, 0) is 0 Å². The number of nitrogens with zero attached hydrogens (tertiary/aromatic N) is 1. The summed E-state index contributed by atoms with van der Waals surface area (Å²) >= 11 is 11.9. The molecule has 0 spiro atoms. The molecule has 0 aliphatic carbocycles. The molecule has 1 aromatic carbocycles. The van der Waals surface area contributed by atoms with Crippen molar-refractivity contribution in [1.82, 2.24) is 4.98 Å². The summed E-state index contributed by atoms with van der Waals surface area (Å²) in [6.45, 7) is 0. The highest BCUT2D eigenvalue weighted by atomic mass is 35.5. The van der Waals surface area contributed by atoms with Gasteiger partial charge in [0.05, 0.1) is 17.2 Å². The van der Waals surface area contributed by atoms with Gasteiger partial charge in [-0.25, -0.2) is 0 Å². The van der Waals surface area contributed by atoms with Crippen LogP contribution in [0, 0.1) is 0 Å². The smallest absolute Gasteiger partial charge is 0.145 e. The number of para-hydroxylation sites is 1. The van der Waals surface area contributed by atoms with E-state index in [2.05, 4.69) is 4.98 Å². The molecule has 4 heteroatoms. The number of pyridine rings is 1.